The number of ether oxygens (including phenoxy) is 1. The van der Waals surface area contributed by atoms with Gasteiger partial charge in [0.2, 0.25) is 5.91 Å². The number of carbonyl (C=O) groups excluding carboxylic acids is 4. The Hall–Kier alpha value is -3.39. The van der Waals surface area contributed by atoms with Gasteiger partial charge in [0.05, 0.1) is 16.1 Å². The molecule has 0 aliphatic carbocycles. The fourth-order valence-corrected chi connectivity index (χ4v) is 3.97. The molecule has 0 saturated heterocycles. The smallest absolute Gasteiger partial charge is 0.261 e. The van der Waals surface area contributed by atoms with E-state index in [1.807, 2.05) is 20.8 Å². The van der Waals surface area contributed by atoms with Gasteiger partial charge in [0.1, 0.15) is 5.75 Å². The number of rotatable bonds is 10. The Bertz CT molecular complexity index is 1110. The Morgan fingerprint density at radius 3 is 2.41 bits per heavy atom. The molecule has 2 aromatic rings. The standard InChI is InChI=1S/C25H28ClN3O5/c1-4-28(5-2)23(31)15-34-21-11-9-17(14-20(21)26)27-22(30)7-6-12-29-24(32)18-10-8-16(3)13-19(18)25(29)33/h8-11,13-14H,4-7,12,15H2,1-3H3,(H,27,30). The molecule has 0 fully saturated rings. The molecule has 0 atom stereocenters. The Balaban J connectivity index is 1.48. The fraction of sp³-hybridized carbons (Fsp3) is 0.360. The second kappa shape index (κ2) is 11.2. The lowest BCUT2D eigenvalue weighted by Gasteiger charge is -2.19. The molecule has 34 heavy (non-hydrogen) atoms. The van der Waals surface area contributed by atoms with Gasteiger partial charge in [-0.25, -0.2) is 0 Å². The van der Waals surface area contributed by atoms with Gasteiger partial charge in [0.15, 0.2) is 6.61 Å². The third-order valence-corrected chi connectivity index (χ3v) is 5.89. The molecule has 3 rings (SSSR count). The number of fused-ring (bicyclic) bond motifs is 1. The van der Waals surface area contributed by atoms with Crippen molar-refractivity contribution < 1.29 is 23.9 Å². The van der Waals surface area contributed by atoms with Gasteiger partial charge in [-0.3, -0.25) is 24.1 Å². The number of nitrogens with zero attached hydrogens (tertiary/aromatic N) is 2. The van der Waals surface area contributed by atoms with E-state index in [4.69, 9.17) is 16.3 Å². The van der Waals surface area contributed by atoms with Gasteiger partial charge in [-0.2, -0.15) is 0 Å². The van der Waals surface area contributed by atoms with Crippen LogP contribution >= 0.6 is 11.6 Å². The van der Waals surface area contributed by atoms with Crippen LogP contribution < -0.4 is 10.1 Å². The summed E-state index contributed by atoms with van der Waals surface area (Å²) in [6, 6.07) is 9.93. The number of likely N-dealkylation sites (N-methyl/N-ethyl adjacent to an activating group) is 1. The quantitative estimate of drug-likeness (QED) is 0.515. The van der Waals surface area contributed by atoms with Crippen LogP contribution in [0.5, 0.6) is 5.75 Å². The summed E-state index contributed by atoms with van der Waals surface area (Å²) in [5.41, 5.74) is 2.20. The molecule has 8 nitrogen and oxygen atoms in total. The number of hydrogen-bond acceptors (Lipinski definition) is 5. The average Bonchev–Trinajstić information content (AvgIpc) is 3.03. The Kier molecular flexibility index (Phi) is 8.28. The molecular weight excluding hydrogens is 458 g/mol. The second-order valence-corrected chi connectivity index (χ2v) is 8.37. The van der Waals surface area contributed by atoms with Crippen molar-refractivity contribution in [2.75, 3.05) is 31.6 Å². The van der Waals surface area contributed by atoms with Gasteiger partial charge in [-0.05, 0) is 57.5 Å². The van der Waals surface area contributed by atoms with Crippen LogP contribution in [-0.4, -0.2) is 59.7 Å². The van der Waals surface area contributed by atoms with Crippen molar-refractivity contribution in [3.8, 4) is 5.75 Å². The minimum absolute atomic E-state index is 0.121. The molecule has 180 valence electrons. The van der Waals surface area contributed by atoms with Gasteiger partial charge in [-0.15, -0.1) is 0 Å². The Morgan fingerprint density at radius 1 is 1.03 bits per heavy atom. The van der Waals surface area contributed by atoms with Gasteiger partial charge in [0, 0.05) is 31.7 Å². The maximum absolute atomic E-state index is 12.5. The molecule has 1 N–H and O–H groups in total. The van der Waals surface area contributed by atoms with E-state index in [0.717, 1.165) is 5.56 Å². The zero-order valence-corrected chi connectivity index (χ0v) is 20.3. The van der Waals surface area contributed by atoms with Crippen molar-refractivity contribution in [3.63, 3.8) is 0 Å². The van der Waals surface area contributed by atoms with Gasteiger partial charge in [-0.1, -0.05) is 23.2 Å². The highest BCUT2D eigenvalue weighted by Gasteiger charge is 2.34. The summed E-state index contributed by atoms with van der Waals surface area (Å²) in [5, 5.41) is 3.01. The summed E-state index contributed by atoms with van der Waals surface area (Å²) in [4.78, 5) is 52.2. The van der Waals surface area contributed by atoms with Crippen molar-refractivity contribution in [2.24, 2.45) is 0 Å². The first-order chi connectivity index (χ1) is 16.2. The fourth-order valence-electron chi connectivity index (χ4n) is 3.73. The van der Waals surface area contributed by atoms with Crippen LogP contribution in [0.25, 0.3) is 0 Å². The number of carbonyl (C=O) groups is 4. The summed E-state index contributed by atoms with van der Waals surface area (Å²) in [6.45, 7) is 6.90. The Labute approximate surface area is 203 Å². The molecule has 9 heteroatoms. The Morgan fingerprint density at radius 2 is 1.74 bits per heavy atom. The summed E-state index contributed by atoms with van der Waals surface area (Å²) in [6.07, 6.45) is 0.458. The molecule has 0 spiro atoms. The van der Waals surface area contributed by atoms with Crippen LogP contribution in [-0.2, 0) is 9.59 Å². The number of nitrogens with one attached hydrogen (secondary N) is 1. The number of aryl methyl sites for hydroxylation is 1. The first kappa shape index (κ1) is 25.2. The zero-order chi connectivity index (χ0) is 24.8. The van der Waals surface area contributed by atoms with E-state index >= 15 is 0 Å². The van der Waals surface area contributed by atoms with Crippen LogP contribution in [0, 0.1) is 6.92 Å². The molecule has 0 aromatic heterocycles. The monoisotopic (exact) mass is 485 g/mol. The lowest BCUT2D eigenvalue weighted by atomic mass is 10.1. The lowest BCUT2D eigenvalue weighted by Crippen LogP contribution is -2.34. The maximum atomic E-state index is 12.5. The van der Waals surface area contributed by atoms with E-state index < -0.39 is 0 Å². The molecule has 0 radical (unpaired) electrons. The van der Waals surface area contributed by atoms with Gasteiger partial charge in [0.25, 0.3) is 17.7 Å². The summed E-state index contributed by atoms with van der Waals surface area (Å²) in [7, 11) is 0. The first-order valence-corrected chi connectivity index (χ1v) is 11.6. The predicted molar refractivity (Wildman–Crippen MR) is 129 cm³/mol. The van der Waals surface area contributed by atoms with E-state index in [9.17, 15) is 19.2 Å². The van der Waals surface area contributed by atoms with Crippen LogP contribution in [0.15, 0.2) is 36.4 Å². The lowest BCUT2D eigenvalue weighted by molar-refractivity contribution is -0.133. The predicted octanol–water partition coefficient (Wildman–Crippen LogP) is 3.91. The zero-order valence-electron chi connectivity index (χ0n) is 19.5. The van der Waals surface area contributed by atoms with Crippen molar-refractivity contribution in [2.45, 2.75) is 33.6 Å². The van der Waals surface area contributed by atoms with E-state index in [2.05, 4.69) is 5.32 Å². The van der Waals surface area contributed by atoms with E-state index in [1.54, 1.807) is 41.3 Å². The summed E-state index contributed by atoms with van der Waals surface area (Å²) in [5.74, 6) is -0.713. The van der Waals surface area contributed by atoms with Crippen LogP contribution in [0.2, 0.25) is 5.02 Å². The third-order valence-electron chi connectivity index (χ3n) is 5.59. The second-order valence-electron chi connectivity index (χ2n) is 7.96. The number of benzene rings is 2. The van der Waals surface area contributed by atoms with Crippen molar-refractivity contribution in [3.05, 3.63) is 58.1 Å². The number of hydrogen-bond donors (Lipinski definition) is 1. The first-order valence-electron chi connectivity index (χ1n) is 11.2. The summed E-state index contributed by atoms with van der Waals surface area (Å²) < 4.78 is 5.51. The number of halogens is 1. The molecule has 2 aromatic carbocycles. The summed E-state index contributed by atoms with van der Waals surface area (Å²) >= 11 is 6.24. The normalized spacial score (nSPS) is 12.5. The van der Waals surface area contributed by atoms with Crippen LogP contribution in [0.4, 0.5) is 5.69 Å². The van der Waals surface area contributed by atoms with Crippen molar-refractivity contribution in [1.29, 1.82) is 0 Å². The minimum Gasteiger partial charge on any atom is -0.482 e. The molecule has 1 aliphatic heterocycles. The highest BCUT2D eigenvalue weighted by Crippen LogP contribution is 2.28. The molecular formula is C25H28ClN3O5. The number of imide groups is 1. The van der Waals surface area contributed by atoms with Crippen LogP contribution in [0.1, 0.15) is 53.0 Å². The van der Waals surface area contributed by atoms with E-state index in [-0.39, 0.29) is 48.2 Å². The molecule has 0 bridgehead atoms. The topological polar surface area (TPSA) is 96.0 Å². The molecule has 1 heterocycles. The van der Waals surface area contributed by atoms with E-state index in [0.29, 0.717) is 42.1 Å². The average molecular weight is 486 g/mol. The SMILES string of the molecule is CCN(CC)C(=O)COc1ccc(NC(=O)CCCN2C(=O)c3ccc(C)cc3C2=O)cc1Cl. The molecule has 1 aliphatic rings. The molecule has 4 amide bonds. The van der Waals surface area contributed by atoms with Crippen molar-refractivity contribution >= 4 is 40.9 Å². The number of anilines is 1. The van der Waals surface area contributed by atoms with E-state index in [1.165, 1.54) is 4.90 Å². The molecule has 0 saturated carbocycles. The highest BCUT2D eigenvalue weighted by atomic mass is 35.5. The van der Waals surface area contributed by atoms with Gasteiger partial charge < -0.3 is 15.0 Å². The third kappa shape index (κ3) is 5.75. The minimum atomic E-state index is -0.331. The van der Waals surface area contributed by atoms with Gasteiger partial charge >= 0.3 is 0 Å². The highest BCUT2D eigenvalue weighted by molar-refractivity contribution is 6.32. The van der Waals surface area contributed by atoms with Crippen LogP contribution in [0.3, 0.4) is 0 Å². The maximum Gasteiger partial charge on any atom is 0.261 e. The largest absolute Gasteiger partial charge is 0.482 e. The number of amides is 4. The molecule has 0 unspecified atom stereocenters. The van der Waals surface area contributed by atoms with Crippen molar-refractivity contribution in [1.82, 2.24) is 9.80 Å².